The minimum Gasteiger partial charge on any atom is -0.494 e. The van der Waals surface area contributed by atoms with E-state index in [9.17, 15) is 4.79 Å². The fourth-order valence-corrected chi connectivity index (χ4v) is 1.30. The van der Waals surface area contributed by atoms with E-state index in [1.807, 2.05) is 24.3 Å². The van der Waals surface area contributed by atoms with Gasteiger partial charge in [0.05, 0.1) is 6.61 Å². The van der Waals surface area contributed by atoms with E-state index in [4.69, 9.17) is 4.74 Å². The number of rotatable bonds is 7. The van der Waals surface area contributed by atoms with Gasteiger partial charge < -0.3 is 10.1 Å². The number of nitrogens with one attached hydrogen (secondary N) is 1. The highest BCUT2D eigenvalue weighted by molar-refractivity contribution is 5.91. The van der Waals surface area contributed by atoms with Crippen LogP contribution in [0.2, 0.25) is 0 Å². The maximum atomic E-state index is 11.3. The summed E-state index contributed by atoms with van der Waals surface area (Å²) in [4.78, 5) is 11.3. The molecule has 1 rings (SSSR count). The second kappa shape index (κ2) is 8.12. The molecule has 0 aliphatic heterocycles. The van der Waals surface area contributed by atoms with Crippen molar-refractivity contribution in [1.29, 1.82) is 0 Å². The van der Waals surface area contributed by atoms with E-state index in [0.29, 0.717) is 6.54 Å². The molecule has 3 nitrogen and oxygen atoms in total. The first kappa shape index (κ1) is 14.0. The number of carbonyl (C=O) groups excluding carboxylic acids is 1. The van der Waals surface area contributed by atoms with Crippen LogP contribution in [0.1, 0.15) is 18.9 Å². The van der Waals surface area contributed by atoms with E-state index < -0.39 is 0 Å². The summed E-state index contributed by atoms with van der Waals surface area (Å²) in [6, 6.07) is 7.64. The maximum Gasteiger partial charge on any atom is 0.244 e. The number of carbonyl (C=O) groups is 1. The zero-order valence-corrected chi connectivity index (χ0v) is 10.7. The van der Waals surface area contributed by atoms with E-state index in [1.54, 1.807) is 12.2 Å². The SMILES string of the molecule is C=CCNC(=O)/C=C/c1ccc(OCCC)cc1. The van der Waals surface area contributed by atoms with E-state index >= 15 is 0 Å². The summed E-state index contributed by atoms with van der Waals surface area (Å²) in [5, 5.41) is 2.67. The van der Waals surface area contributed by atoms with Gasteiger partial charge in [-0.15, -0.1) is 6.58 Å². The summed E-state index contributed by atoms with van der Waals surface area (Å²) in [5.74, 6) is 0.728. The van der Waals surface area contributed by atoms with Crippen LogP contribution in [-0.4, -0.2) is 19.1 Å². The van der Waals surface area contributed by atoms with Crippen LogP contribution in [0.3, 0.4) is 0 Å². The minimum absolute atomic E-state index is 0.124. The number of amides is 1. The van der Waals surface area contributed by atoms with Crippen LogP contribution in [0.15, 0.2) is 43.0 Å². The molecule has 0 aromatic heterocycles. The molecule has 0 bridgehead atoms. The van der Waals surface area contributed by atoms with Crippen LogP contribution in [0.4, 0.5) is 0 Å². The summed E-state index contributed by atoms with van der Waals surface area (Å²) in [7, 11) is 0. The first-order valence-electron chi connectivity index (χ1n) is 6.06. The second-order valence-electron chi connectivity index (χ2n) is 3.78. The molecule has 0 unspecified atom stereocenters. The average Bonchev–Trinajstić information content (AvgIpc) is 2.41. The predicted octanol–water partition coefficient (Wildman–Crippen LogP) is 2.79. The third-order valence-corrected chi connectivity index (χ3v) is 2.20. The number of hydrogen-bond donors (Lipinski definition) is 1. The van der Waals surface area contributed by atoms with Crippen molar-refractivity contribution >= 4 is 12.0 Å². The molecular formula is C15H19NO2. The van der Waals surface area contributed by atoms with Gasteiger partial charge in [0.25, 0.3) is 0 Å². The monoisotopic (exact) mass is 245 g/mol. The van der Waals surface area contributed by atoms with Gasteiger partial charge in [-0.3, -0.25) is 4.79 Å². The van der Waals surface area contributed by atoms with Crippen molar-refractivity contribution in [3.8, 4) is 5.75 Å². The van der Waals surface area contributed by atoms with Gasteiger partial charge in [-0.25, -0.2) is 0 Å². The number of benzene rings is 1. The average molecular weight is 245 g/mol. The van der Waals surface area contributed by atoms with Crippen LogP contribution in [0, 0.1) is 0 Å². The molecule has 0 atom stereocenters. The normalized spacial score (nSPS) is 10.3. The van der Waals surface area contributed by atoms with E-state index in [2.05, 4.69) is 18.8 Å². The van der Waals surface area contributed by atoms with Gasteiger partial charge in [0.1, 0.15) is 5.75 Å². The molecule has 0 heterocycles. The zero-order chi connectivity index (χ0) is 13.2. The maximum absolute atomic E-state index is 11.3. The third kappa shape index (κ3) is 5.34. The summed E-state index contributed by atoms with van der Waals surface area (Å²) in [6.07, 6.45) is 5.91. The molecule has 1 aromatic carbocycles. The van der Waals surface area contributed by atoms with Gasteiger partial charge in [0, 0.05) is 12.6 Å². The summed E-state index contributed by atoms with van der Waals surface area (Å²) >= 11 is 0. The fraction of sp³-hybridized carbons (Fsp3) is 0.267. The topological polar surface area (TPSA) is 38.3 Å². The smallest absolute Gasteiger partial charge is 0.244 e. The highest BCUT2D eigenvalue weighted by Gasteiger charge is 1.94. The van der Waals surface area contributed by atoms with Crippen molar-refractivity contribution in [1.82, 2.24) is 5.32 Å². The largest absolute Gasteiger partial charge is 0.494 e. The van der Waals surface area contributed by atoms with Crippen LogP contribution in [0.25, 0.3) is 6.08 Å². The highest BCUT2D eigenvalue weighted by Crippen LogP contribution is 2.13. The van der Waals surface area contributed by atoms with Gasteiger partial charge in [-0.1, -0.05) is 25.1 Å². The molecule has 1 amide bonds. The van der Waals surface area contributed by atoms with E-state index in [1.165, 1.54) is 6.08 Å². The predicted molar refractivity (Wildman–Crippen MR) is 74.5 cm³/mol. The molecule has 0 saturated heterocycles. The van der Waals surface area contributed by atoms with Crippen LogP contribution in [0.5, 0.6) is 5.75 Å². The molecule has 1 aromatic rings. The van der Waals surface area contributed by atoms with Gasteiger partial charge in [-0.05, 0) is 30.2 Å². The Kier molecular flexibility index (Phi) is 6.33. The van der Waals surface area contributed by atoms with Crippen molar-refractivity contribution in [2.75, 3.05) is 13.2 Å². The molecule has 3 heteroatoms. The molecule has 0 radical (unpaired) electrons. The van der Waals surface area contributed by atoms with Crippen molar-refractivity contribution in [2.45, 2.75) is 13.3 Å². The number of ether oxygens (including phenoxy) is 1. The third-order valence-electron chi connectivity index (χ3n) is 2.20. The molecule has 18 heavy (non-hydrogen) atoms. The van der Waals surface area contributed by atoms with Crippen LogP contribution in [-0.2, 0) is 4.79 Å². The van der Waals surface area contributed by atoms with Gasteiger partial charge in [0.2, 0.25) is 5.91 Å². The Morgan fingerprint density at radius 2 is 2.11 bits per heavy atom. The minimum atomic E-state index is -0.124. The van der Waals surface area contributed by atoms with Gasteiger partial charge in [-0.2, -0.15) is 0 Å². The van der Waals surface area contributed by atoms with Gasteiger partial charge >= 0.3 is 0 Å². The van der Waals surface area contributed by atoms with Gasteiger partial charge in [0.15, 0.2) is 0 Å². The molecule has 0 aliphatic rings. The van der Waals surface area contributed by atoms with E-state index in [0.717, 1.165) is 24.3 Å². The quantitative estimate of drug-likeness (QED) is 0.592. The first-order valence-corrected chi connectivity index (χ1v) is 6.06. The van der Waals surface area contributed by atoms with Crippen molar-refractivity contribution in [3.63, 3.8) is 0 Å². The Balaban J connectivity index is 2.49. The van der Waals surface area contributed by atoms with Crippen molar-refractivity contribution < 1.29 is 9.53 Å². The Morgan fingerprint density at radius 1 is 1.39 bits per heavy atom. The van der Waals surface area contributed by atoms with Crippen molar-refractivity contribution in [2.24, 2.45) is 0 Å². The molecule has 96 valence electrons. The molecule has 0 aliphatic carbocycles. The Morgan fingerprint density at radius 3 is 2.72 bits per heavy atom. The molecule has 0 spiro atoms. The fourth-order valence-electron chi connectivity index (χ4n) is 1.30. The summed E-state index contributed by atoms with van der Waals surface area (Å²) in [5.41, 5.74) is 0.965. The standard InChI is InChI=1S/C15H19NO2/c1-3-11-16-15(17)10-7-13-5-8-14(9-6-13)18-12-4-2/h3,5-10H,1,4,11-12H2,2H3,(H,16,17)/b10-7+. The highest BCUT2D eigenvalue weighted by atomic mass is 16.5. The molecule has 0 fully saturated rings. The molecule has 0 saturated carbocycles. The summed E-state index contributed by atoms with van der Waals surface area (Å²) < 4.78 is 5.47. The van der Waals surface area contributed by atoms with Crippen molar-refractivity contribution in [3.05, 3.63) is 48.6 Å². The Hall–Kier alpha value is -2.03. The second-order valence-corrected chi connectivity index (χ2v) is 3.78. The Labute approximate surface area is 108 Å². The zero-order valence-electron chi connectivity index (χ0n) is 10.7. The Bertz CT molecular complexity index is 407. The van der Waals surface area contributed by atoms with Crippen LogP contribution >= 0.6 is 0 Å². The first-order chi connectivity index (χ1) is 8.76. The lowest BCUT2D eigenvalue weighted by Crippen LogP contribution is -2.20. The lowest BCUT2D eigenvalue weighted by Gasteiger charge is -2.03. The number of hydrogen-bond acceptors (Lipinski definition) is 2. The van der Waals surface area contributed by atoms with Crippen LogP contribution < -0.4 is 10.1 Å². The molecule has 1 N–H and O–H groups in total. The lowest BCUT2D eigenvalue weighted by atomic mass is 10.2. The van der Waals surface area contributed by atoms with E-state index in [-0.39, 0.29) is 5.91 Å². The molecular weight excluding hydrogens is 226 g/mol. The summed E-state index contributed by atoms with van der Waals surface area (Å²) in [6.45, 7) is 6.80. The lowest BCUT2D eigenvalue weighted by molar-refractivity contribution is -0.116.